The van der Waals surface area contributed by atoms with E-state index in [9.17, 15) is 9.59 Å². The summed E-state index contributed by atoms with van der Waals surface area (Å²) in [5, 5.41) is 0. The largest absolute Gasteiger partial charge is 0.496 e. The first-order chi connectivity index (χ1) is 16.3. The third-order valence-electron chi connectivity index (χ3n) is 5.44. The lowest BCUT2D eigenvalue weighted by molar-refractivity contribution is 0.0249. The van der Waals surface area contributed by atoms with E-state index < -0.39 is 5.60 Å². The first-order valence-corrected chi connectivity index (χ1v) is 11.8. The van der Waals surface area contributed by atoms with Crippen molar-refractivity contribution < 1.29 is 28.5 Å². The summed E-state index contributed by atoms with van der Waals surface area (Å²) >= 11 is 0. The number of carbonyl (C=O) groups excluding carboxylic acids is 2. The van der Waals surface area contributed by atoms with Crippen LogP contribution in [0.5, 0.6) is 17.2 Å². The normalized spacial score (nSPS) is 12.7. The van der Waals surface area contributed by atoms with Crippen molar-refractivity contribution in [3.8, 4) is 17.2 Å². The Morgan fingerprint density at radius 1 is 0.971 bits per heavy atom. The van der Waals surface area contributed by atoms with Gasteiger partial charge in [-0.05, 0) is 69.9 Å². The molecule has 7 heteroatoms. The molecule has 2 aromatic carbocycles. The predicted octanol–water partition coefficient (Wildman–Crippen LogP) is 5.30. The maximum Gasteiger partial charge on any atom is 0.410 e. The van der Waals surface area contributed by atoms with Crippen molar-refractivity contribution in [2.24, 2.45) is 0 Å². The van der Waals surface area contributed by atoms with E-state index in [-0.39, 0.29) is 11.9 Å². The summed E-state index contributed by atoms with van der Waals surface area (Å²) in [6.07, 6.45) is 2.07. The first kappa shape index (κ1) is 25.4. The van der Waals surface area contributed by atoms with E-state index >= 15 is 0 Å². The van der Waals surface area contributed by atoms with Gasteiger partial charge in [0.25, 0.3) is 0 Å². The number of Topliss-reactive ketones (excluding diaryl/α,β-unsaturated/α-hetero) is 1. The number of hydrogen-bond acceptors (Lipinski definition) is 6. The van der Waals surface area contributed by atoms with E-state index in [1.165, 1.54) is 0 Å². The van der Waals surface area contributed by atoms with Gasteiger partial charge in [-0.25, -0.2) is 4.79 Å². The van der Waals surface area contributed by atoms with Crippen molar-refractivity contribution in [2.75, 3.05) is 33.4 Å². The van der Waals surface area contributed by atoms with E-state index in [1.54, 1.807) is 30.2 Å². The molecule has 2 aromatic rings. The Hall–Kier alpha value is -3.22. The highest BCUT2D eigenvalue weighted by atomic mass is 16.6. The number of para-hydroxylation sites is 1. The second-order valence-corrected chi connectivity index (χ2v) is 9.27. The fourth-order valence-electron chi connectivity index (χ4n) is 3.74. The zero-order valence-electron chi connectivity index (χ0n) is 20.6. The van der Waals surface area contributed by atoms with E-state index in [1.807, 2.05) is 45.0 Å². The molecular formula is C27H35NO6. The number of benzene rings is 2. The van der Waals surface area contributed by atoms with E-state index in [0.29, 0.717) is 69.0 Å². The van der Waals surface area contributed by atoms with Crippen LogP contribution in [0.1, 0.15) is 56.0 Å². The van der Waals surface area contributed by atoms with E-state index in [4.69, 9.17) is 18.9 Å². The van der Waals surface area contributed by atoms with Crippen molar-refractivity contribution in [1.29, 1.82) is 0 Å². The lowest BCUT2D eigenvalue weighted by Gasteiger charge is -2.27. The van der Waals surface area contributed by atoms with Gasteiger partial charge in [-0.3, -0.25) is 4.79 Å². The van der Waals surface area contributed by atoms with Crippen LogP contribution >= 0.6 is 0 Å². The van der Waals surface area contributed by atoms with Crippen LogP contribution in [0.2, 0.25) is 0 Å². The van der Waals surface area contributed by atoms with Gasteiger partial charge in [0.1, 0.15) is 24.6 Å². The average molecular weight is 470 g/mol. The van der Waals surface area contributed by atoms with Gasteiger partial charge in [-0.1, -0.05) is 18.2 Å². The van der Waals surface area contributed by atoms with Crippen LogP contribution in [-0.2, 0) is 11.2 Å². The topological polar surface area (TPSA) is 74.3 Å². The predicted molar refractivity (Wildman–Crippen MR) is 130 cm³/mol. The molecule has 1 aliphatic heterocycles. The second-order valence-electron chi connectivity index (χ2n) is 9.27. The highest BCUT2D eigenvalue weighted by Crippen LogP contribution is 2.31. The molecule has 0 atom stereocenters. The summed E-state index contributed by atoms with van der Waals surface area (Å²) in [5.74, 6) is 2.14. The van der Waals surface area contributed by atoms with Crippen molar-refractivity contribution in [1.82, 2.24) is 4.90 Å². The number of rotatable bonds is 10. The van der Waals surface area contributed by atoms with Gasteiger partial charge in [-0.2, -0.15) is 0 Å². The third-order valence-corrected chi connectivity index (χ3v) is 5.44. The van der Waals surface area contributed by atoms with Gasteiger partial charge in [0.15, 0.2) is 17.3 Å². The summed E-state index contributed by atoms with van der Waals surface area (Å²) in [7, 11) is 1.64. The van der Waals surface area contributed by atoms with Gasteiger partial charge in [0, 0.05) is 25.1 Å². The van der Waals surface area contributed by atoms with Gasteiger partial charge < -0.3 is 23.8 Å². The van der Waals surface area contributed by atoms with E-state index in [2.05, 4.69) is 0 Å². The molecule has 1 amide bonds. The smallest absolute Gasteiger partial charge is 0.410 e. The maximum atomic E-state index is 12.8. The molecule has 0 saturated carbocycles. The van der Waals surface area contributed by atoms with Crippen molar-refractivity contribution in [3.05, 3.63) is 53.6 Å². The minimum atomic E-state index is -0.575. The molecule has 3 rings (SSSR count). The average Bonchev–Trinajstić information content (AvgIpc) is 2.82. The summed E-state index contributed by atoms with van der Waals surface area (Å²) in [5.41, 5.74) is 1.07. The molecule has 0 aromatic heterocycles. The lowest BCUT2D eigenvalue weighted by atomic mass is 10.0. The number of fused-ring (bicyclic) bond motifs is 1. The zero-order chi connectivity index (χ0) is 24.6. The van der Waals surface area contributed by atoms with Crippen LogP contribution in [0, 0.1) is 0 Å². The van der Waals surface area contributed by atoms with Crippen LogP contribution in [0.15, 0.2) is 42.5 Å². The molecule has 0 spiro atoms. The van der Waals surface area contributed by atoms with E-state index in [0.717, 1.165) is 11.3 Å². The highest BCUT2D eigenvalue weighted by Gasteiger charge is 2.22. The van der Waals surface area contributed by atoms with Crippen LogP contribution in [0.25, 0.3) is 0 Å². The Morgan fingerprint density at radius 3 is 2.44 bits per heavy atom. The van der Waals surface area contributed by atoms with Crippen molar-refractivity contribution in [3.63, 3.8) is 0 Å². The fraction of sp³-hybridized carbons (Fsp3) is 0.481. The van der Waals surface area contributed by atoms with Gasteiger partial charge >= 0.3 is 6.09 Å². The van der Waals surface area contributed by atoms with Gasteiger partial charge in [0.05, 0.1) is 7.11 Å². The number of hydrogen-bond donors (Lipinski definition) is 0. The molecule has 1 heterocycles. The van der Waals surface area contributed by atoms with Crippen LogP contribution in [-0.4, -0.2) is 55.8 Å². The molecular weight excluding hydrogens is 434 g/mol. The molecule has 7 nitrogen and oxygen atoms in total. The number of methoxy groups -OCH3 is 1. The number of unbranched alkanes of at least 4 members (excludes halogenated alkanes) is 1. The minimum absolute atomic E-state index is 0.0508. The Labute approximate surface area is 201 Å². The molecule has 0 fully saturated rings. The van der Waals surface area contributed by atoms with Crippen LogP contribution in [0.3, 0.4) is 0 Å². The maximum absolute atomic E-state index is 12.8. The Kier molecular flexibility index (Phi) is 8.79. The first-order valence-electron chi connectivity index (χ1n) is 11.8. The Morgan fingerprint density at radius 2 is 1.71 bits per heavy atom. The minimum Gasteiger partial charge on any atom is -0.496 e. The fourth-order valence-corrected chi connectivity index (χ4v) is 3.74. The van der Waals surface area contributed by atoms with Crippen LogP contribution < -0.4 is 14.2 Å². The Balaban J connectivity index is 1.54. The Bertz CT molecular complexity index is 981. The van der Waals surface area contributed by atoms with Gasteiger partial charge in [0.2, 0.25) is 0 Å². The number of amides is 1. The van der Waals surface area contributed by atoms with Gasteiger partial charge in [-0.15, -0.1) is 0 Å². The summed E-state index contributed by atoms with van der Waals surface area (Å²) in [4.78, 5) is 27.2. The molecule has 0 saturated heterocycles. The zero-order valence-corrected chi connectivity index (χ0v) is 20.6. The summed E-state index contributed by atoms with van der Waals surface area (Å²) in [6.45, 7) is 7.59. The van der Waals surface area contributed by atoms with Crippen LogP contribution in [0.4, 0.5) is 4.79 Å². The molecule has 0 N–H and O–H groups in total. The molecule has 0 bridgehead atoms. The summed E-state index contributed by atoms with van der Waals surface area (Å²) < 4.78 is 22.1. The highest BCUT2D eigenvalue weighted by molar-refractivity contribution is 5.96. The number of ketones is 1. The molecule has 0 radical (unpaired) electrons. The quantitative estimate of drug-likeness (QED) is 0.347. The molecule has 184 valence electrons. The number of carbonyl (C=O) groups is 2. The van der Waals surface area contributed by atoms with Crippen molar-refractivity contribution >= 4 is 11.9 Å². The standard InChI is InChI=1S/C27H35NO6/c1-27(2,3)34-26(30)28(16-14-20-9-5-6-11-23(20)31-4)15-8-7-10-22(29)21-12-13-24-25(19-21)33-18-17-32-24/h5-6,9,11-13,19H,7-8,10,14-18H2,1-4H3. The molecule has 34 heavy (non-hydrogen) atoms. The monoisotopic (exact) mass is 469 g/mol. The second kappa shape index (κ2) is 11.8. The molecule has 1 aliphatic rings. The number of ether oxygens (including phenoxy) is 4. The molecule has 0 aliphatic carbocycles. The third kappa shape index (κ3) is 7.40. The summed E-state index contributed by atoms with van der Waals surface area (Å²) in [6, 6.07) is 13.1. The lowest BCUT2D eigenvalue weighted by Crippen LogP contribution is -2.38. The SMILES string of the molecule is COc1ccccc1CCN(CCCCC(=O)c1ccc2c(c1)OCCO2)C(=O)OC(C)(C)C. The number of nitrogens with zero attached hydrogens (tertiary/aromatic N) is 1. The molecule has 0 unspecified atom stereocenters. The van der Waals surface area contributed by atoms with Crippen molar-refractivity contribution in [2.45, 2.75) is 52.1 Å².